The second-order valence-corrected chi connectivity index (χ2v) is 3.72. The molecule has 6 nitrogen and oxygen atoms in total. The first-order chi connectivity index (χ1) is 8.17. The molecular formula is C11H20N4O2. The number of ether oxygens (including phenoxy) is 2. The van der Waals surface area contributed by atoms with Crippen molar-refractivity contribution >= 4 is 5.95 Å². The fourth-order valence-electron chi connectivity index (χ4n) is 1.44. The molecule has 0 aliphatic rings. The summed E-state index contributed by atoms with van der Waals surface area (Å²) in [5.41, 5.74) is 5.87. The van der Waals surface area contributed by atoms with Gasteiger partial charge in [0.1, 0.15) is 0 Å². The molecule has 1 unspecified atom stereocenters. The molecule has 0 saturated carbocycles. The van der Waals surface area contributed by atoms with Crippen molar-refractivity contribution in [2.45, 2.75) is 13.0 Å². The molecule has 0 radical (unpaired) electrons. The van der Waals surface area contributed by atoms with E-state index in [1.807, 2.05) is 18.9 Å². The van der Waals surface area contributed by atoms with Crippen molar-refractivity contribution in [1.29, 1.82) is 0 Å². The summed E-state index contributed by atoms with van der Waals surface area (Å²) in [6.07, 6.45) is 1.67. The second-order valence-electron chi connectivity index (χ2n) is 3.72. The van der Waals surface area contributed by atoms with Gasteiger partial charge in [-0.05, 0) is 6.92 Å². The van der Waals surface area contributed by atoms with Gasteiger partial charge >= 0.3 is 0 Å². The van der Waals surface area contributed by atoms with E-state index in [1.165, 1.54) is 0 Å². The average Bonchev–Trinajstić information content (AvgIpc) is 2.30. The van der Waals surface area contributed by atoms with Crippen molar-refractivity contribution in [1.82, 2.24) is 9.97 Å². The van der Waals surface area contributed by atoms with Crippen molar-refractivity contribution in [3.05, 3.63) is 12.3 Å². The van der Waals surface area contributed by atoms with Crippen molar-refractivity contribution < 1.29 is 9.47 Å². The highest BCUT2D eigenvalue weighted by Gasteiger charge is 2.10. The van der Waals surface area contributed by atoms with E-state index in [1.54, 1.807) is 19.4 Å². The fraction of sp³-hybridized carbons (Fsp3) is 0.636. The maximum Gasteiger partial charge on any atom is 0.228 e. The molecule has 1 aromatic heterocycles. The maximum atomic E-state index is 5.87. The number of anilines is 1. The van der Waals surface area contributed by atoms with E-state index in [0.717, 1.165) is 0 Å². The Morgan fingerprint density at radius 2 is 2.29 bits per heavy atom. The van der Waals surface area contributed by atoms with Gasteiger partial charge in [0.15, 0.2) is 0 Å². The van der Waals surface area contributed by atoms with E-state index in [9.17, 15) is 0 Å². The number of hydrogen-bond donors (Lipinski definition) is 1. The van der Waals surface area contributed by atoms with Crippen LogP contribution in [0.15, 0.2) is 12.3 Å². The quantitative estimate of drug-likeness (QED) is 0.738. The smallest absolute Gasteiger partial charge is 0.228 e. The first-order valence-electron chi connectivity index (χ1n) is 5.58. The monoisotopic (exact) mass is 240 g/mol. The maximum absolute atomic E-state index is 5.87. The Kier molecular flexibility index (Phi) is 5.65. The van der Waals surface area contributed by atoms with Gasteiger partial charge in [0.2, 0.25) is 11.8 Å². The Hall–Kier alpha value is -1.40. The van der Waals surface area contributed by atoms with Gasteiger partial charge in [-0.15, -0.1) is 0 Å². The Labute approximate surface area is 102 Å². The third-order valence-corrected chi connectivity index (χ3v) is 2.14. The fourth-order valence-corrected chi connectivity index (χ4v) is 1.44. The van der Waals surface area contributed by atoms with E-state index < -0.39 is 0 Å². The SMILES string of the molecule is CCOc1ccnc(N(C)CC(N)COC)n1. The summed E-state index contributed by atoms with van der Waals surface area (Å²) in [6, 6.07) is 1.67. The van der Waals surface area contributed by atoms with E-state index in [-0.39, 0.29) is 6.04 Å². The normalized spacial score (nSPS) is 12.2. The van der Waals surface area contributed by atoms with Crippen LogP contribution >= 0.6 is 0 Å². The lowest BCUT2D eigenvalue weighted by Crippen LogP contribution is -2.39. The molecule has 1 rings (SSSR count). The van der Waals surface area contributed by atoms with Crippen molar-refractivity contribution in [3.63, 3.8) is 0 Å². The average molecular weight is 240 g/mol. The van der Waals surface area contributed by atoms with Crippen molar-refractivity contribution in [3.8, 4) is 5.88 Å². The number of rotatable bonds is 7. The summed E-state index contributed by atoms with van der Waals surface area (Å²) < 4.78 is 10.3. The zero-order valence-corrected chi connectivity index (χ0v) is 10.6. The van der Waals surface area contributed by atoms with Crippen LogP contribution < -0.4 is 15.4 Å². The number of likely N-dealkylation sites (N-methyl/N-ethyl adjacent to an activating group) is 1. The summed E-state index contributed by atoms with van der Waals surface area (Å²) in [4.78, 5) is 10.3. The number of aromatic nitrogens is 2. The Balaban J connectivity index is 2.61. The van der Waals surface area contributed by atoms with Gasteiger partial charge in [0.05, 0.1) is 13.2 Å². The summed E-state index contributed by atoms with van der Waals surface area (Å²) in [6.45, 7) is 3.64. The highest BCUT2D eigenvalue weighted by molar-refractivity contribution is 5.30. The molecule has 0 aliphatic heterocycles. The Morgan fingerprint density at radius 1 is 1.53 bits per heavy atom. The minimum Gasteiger partial charge on any atom is -0.478 e. The standard InChI is InChI=1S/C11H20N4O2/c1-4-17-10-5-6-13-11(14-10)15(2)7-9(12)8-16-3/h5-6,9H,4,7-8,12H2,1-3H3. The van der Waals surface area contributed by atoms with Crippen LogP contribution in [0.2, 0.25) is 0 Å². The molecule has 1 heterocycles. The molecule has 0 aliphatic carbocycles. The lowest BCUT2D eigenvalue weighted by atomic mass is 10.3. The first-order valence-corrected chi connectivity index (χ1v) is 5.58. The predicted molar refractivity (Wildman–Crippen MR) is 66.3 cm³/mol. The van der Waals surface area contributed by atoms with Crippen LogP contribution in [-0.2, 0) is 4.74 Å². The van der Waals surface area contributed by atoms with Crippen molar-refractivity contribution in [2.75, 3.05) is 38.8 Å². The van der Waals surface area contributed by atoms with E-state index in [0.29, 0.717) is 31.6 Å². The van der Waals surface area contributed by atoms with Gasteiger partial charge in [-0.3, -0.25) is 0 Å². The van der Waals surface area contributed by atoms with Crippen LogP contribution in [0.1, 0.15) is 6.92 Å². The topological polar surface area (TPSA) is 73.5 Å². The number of methoxy groups -OCH3 is 1. The molecule has 17 heavy (non-hydrogen) atoms. The van der Waals surface area contributed by atoms with Crippen molar-refractivity contribution in [2.24, 2.45) is 5.73 Å². The predicted octanol–water partition coefficient (Wildman–Crippen LogP) is 0.285. The number of nitrogens with two attached hydrogens (primary N) is 1. The molecule has 1 aromatic rings. The van der Waals surface area contributed by atoms with Crippen LogP contribution in [0.5, 0.6) is 5.88 Å². The van der Waals surface area contributed by atoms with E-state index >= 15 is 0 Å². The lowest BCUT2D eigenvalue weighted by Gasteiger charge is -2.21. The summed E-state index contributed by atoms with van der Waals surface area (Å²) in [7, 11) is 3.52. The Bertz CT molecular complexity index is 335. The number of nitrogens with zero attached hydrogens (tertiary/aromatic N) is 3. The van der Waals surface area contributed by atoms with E-state index in [2.05, 4.69) is 9.97 Å². The first kappa shape index (κ1) is 13.7. The van der Waals surface area contributed by atoms with E-state index in [4.69, 9.17) is 15.2 Å². The summed E-state index contributed by atoms with van der Waals surface area (Å²) in [5.74, 6) is 1.17. The third-order valence-electron chi connectivity index (χ3n) is 2.14. The minimum atomic E-state index is -0.0654. The van der Waals surface area contributed by atoms with Crippen LogP contribution in [0, 0.1) is 0 Å². The molecule has 2 N–H and O–H groups in total. The van der Waals surface area contributed by atoms with Gasteiger partial charge in [-0.25, -0.2) is 4.98 Å². The Morgan fingerprint density at radius 3 is 2.94 bits per heavy atom. The zero-order valence-electron chi connectivity index (χ0n) is 10.6. The van der Waals surface area contributed by atoms with Gasteiger partial charge in [-0.2, -0.15) is 4.98 Å². The molecule has 1 atom stereocenters. The molecule has 0 spiro atoms. The highest BCUT2D eigenvalue weighted by Crippen LogP contribution is 2.11. The summed E-state index contributed by atoms with van der Waals surface area (Å²) in [5, 5.41) is 0. The third kappa shape index (κ3) is 4.54. The van der Waals surface area contributed by atoms with Gasteiger partial charge in [-0.1, -0.05) is 0 Å². The van der Waals surface area contributed by atoms with Gasteiger partial charge < -0.3 is 20.1 Å². The lowest BCUT2D eigenvalue weighted by molar-refractivity contribution is 0.181. The van der Waals surface area contributed by atoms with Crippen LogP contribution in [0.3, 0.4) is 0 Å². The molecule has 0 bridgehead atoms. The molecule has 96 valence electrons. The second kappa shape index (κ2) is 7.03. The van der Waals surface area contributed by atoms with Gasteiger partial charge in [0.25, 0.3) is 0 Å². The van der Waals surface area contributed by atoms with Gasteiger partial charge in [0, 0.05) is 39.0 Å². The largest absolute Gasteiger partial charge is 0.478 e. The number of hydrogen-bond acceptors (Lipinski definition) is 6. The molecule has 0 fully saturated rings. The minimum absolute atomic E-state index is 0.0654. The molecule has 0 amide bonds. The van der Waals surface area contributed by atoms with Crippen LogP contribution in [0.25, 0.3) is 0 Å². The molecular weight excluding hydrogens is 220 g/mol. The molecule has 0 aromatic carbocycles. The molecule has 6 heteroatoms. The molecule has 0 saturated heterocycles. The van der Waals surface area contributed by atoms with Crippen LogP contribution in [0.4, 0.5) is 5.95 Å². The zero-order chi connectivity index (χ0) is 12.7. The van der Waals surface area contributed by atoms with Crippen LogP contribution in [-0.4, -0.2) is 49.9 Å². The summed E-state index contributed by atoms with van der Waals surface area (Å²) >= 11 is 0. The highest BCUT2D eigenvalue weighted by atomic mass is 16.5.